The number of alkyl halides is 2. The number of hydrogen-bond donors (Lipinski definition) is 1. The molecule has 0 aromatic heterocycles. The van der Waals surface area contributed by atoms with E-state index in [0.717, 1.165) is 18.7 Å². The first-order chi connectivity index (χ1) is 10.2. The molecule has 2 aromatic carbocycles. The van der Waals surface area contributed by atoms with Crippen molar-refractivity contribution < 1.29 is 8.78 Å². The summed E-state index contributed by atoms with van der Waals surface area (Å²) in [6.45, 7) is 2.05. The summed E-state index contributed by atoms with van der Waals surface area (Å²) >= 11 is 0. The van der Waals surface area contributed by atoms with E-state index in [9.17, 15) is 8.78 Å². The van der Waals surface area contributed by atoms with Gasteiger partial charge in [-0.15, -0.1) is 0 Å². The molecule has 1 heterocycles. The second-order valence-corrected chi connectivity index (χ2v) is 5.40. The fourth-order valence-corrected chi connectivity index (χ4v) is 2.98. The molecular formula is C17H18F2N2. The normalized spacial score (nSPS) is 16.2. The molecule has 1 unspecified atom stereocenters. The molecule has 0 amide bonds. The van der Waals surface area contributed by atoms with Gasteiger partial charge in [0, 0.05) is 31.2 Å². The highest BCUT2D eigenvalue weighted by Gasteiger charge is 2.26. The van der Waals surface area contributed by atoms with Crippen LogP contribution in [0, 0.1) is 0 Å². The molecule has 1 aliphatic heterocycles. The largest absolute Gasteiger partial charge is 0.329 e. The minimum atomic E-state index is -2.45. The molecule has 110 valence electrons. The molecule has 1 atom stereocenters. The summed E-state index contributed by atoms with van der Waals surface area (Å²) in [6, 6.07) is 14.8. The van der Waals surface area contributed by atoms with Crippen LogP contribution in [0.5, 0.6) is 0 Å². The Morgan fingerprint density at radius 1 is 0.952 bits per heavy atom. The van der Waals surface area contributed by atoms with E-state index >= 15 is 0 Å². The Balaban J connectivity index is 1.85. The van der Waals surface area contributed by atoms with Gasteiger partial charge < -0.3 is 5.73 Å². The van der Waals surface area contributed by atoms with Crippen LogP contribution in [0.4, 0.5) is 8.78 Å². The van der Waals surface area contributed by atoms with Gasteiger partial charge in [0.25, 0.3) is 6.43 Å². The van der Waals surface area contributed by atoms with Crippen molar-refractivity contribution in [2.75, 3.05) is 6.54 Å². The van der Waals surface area contributed by atoms with E-state index in [2.05, 4.69) is 17.0 Å². The average molecular weight is 288 g/mol. The number of rotatable bonds is 4. The fourth-order valence-electron chi connectivity index (χ4n) is 2.98. The minimum Gasteiger partial charge on any atom is -0.329 e. The van der Waals surface area contributed by atoms with Gasteiger partial charge in [0.05, 0.1) is 0 Å². The summed E-state index contributed by atoms with van der Waals surface area (Å²) in [5, 5.41) is 0. The van der Waals surface area contributed by atoms with Gasteiger partial charge in [-0.2, -0.15) is 0 Å². The van der Waals surface area contributed by atoms with Crippen LogP contribution in [0.25, 0.3) is 0 Å². The van der Waals surface area contributed by atoms with Crippen molar-refractivity contribution in [1.82, 2.24) is 4.90 Å². The highest BCUT2D eigenvalue weighted by atomic mass is 19.3. The molecule has 2 nitrogen and oxygen atoms in total. The number of nitrogens with two attached hydrogens (primary N) is 1. The minimum absolute atomic E-state index is 0.0314. The first kappa shape index (κ1) is 14.2. The van der Waals surface area contributed by atoms with Gasteiger partial charge in [-0.3, -0.25) is 4.90 Å². The molecule has 0 bridgehead atoms. The summed E-state index contributed by atoms with van der Waals surface area (Å²) in [5.74, 6) is 0. The lowest BCUT2D eigenvalue weighted by Crippen LogP contribution is -2.29. The number of benzene rings is 2. The quantitative estimate of drug-likeness (QED) is 0.930. The Hall–Kier alpha value is -1.78. The zero-order valence-corrected chi connectivity index (χ0v) is 11.7. The van der Waals surface area contributed by atoms with Crippen molar-refractivity contribution in [3.05, 3.63) is 70.8 Å². The molecule has 0 fully saturated rings. The van der Waals surface area contributed by atoms with Crippen molar-refractivity contribution in [3.8, 4) is 0 Å². The summed E-state index contributed by atoms with van der Waals surface area (Å²) < 4.78 is 25.7. The topological polar surface area (TPSA) is 29.3 Å². The SMILES string of the molecule is NCC(c1cccc(C(F)F)c1)N1Cc2ccccc2C1. The van der Waals surface area contributed by atoms with Gasteiger partial charge in [-0.25, -0.2) is 8.78 Å². The van der Waals surface area contributed by atoms with Gasteiger partial charge in [-0.05, 0) is 22.8 Å². The van der Waals surface area contributed by atoms with Gasteiger partial charge in [0.15, 0.2) is 0 Å². The third-order valence-corrected chi connectivity index (χ3v) is 4.08. The number of fused-ring (bicyclic) bond motifs is 1. The molecule has 3 rings (SSSR count). The lowest BCUT2D eigenvalue weighted by Gasteiger charge is -2.27. The second-order valence-electron chi connectivity index (χ2n) is 5.40. The molecule has 0 radical (unpaired) electrons. The van der Waals surface area contributed by atoms with Crippen molar-refractivity contribution >= 4 is 0 Å². The van der Waals surface area contributed by atoms with E-state index in [0.29, 0.717) is 6.54 Å². The third kappa shape index (κ3) is 2.82. The monoisotopic (exact) mass is 288 g/mol. The fraction of sp³-hybridized carbons (Fsp3) is 0.294. The average Bonchev–Trinajstić information content (AvgIpc) is 2.91. The lowest BCUT2D eigenvalue weighted by molar-refractivity contribution is 0.150. The zero-order chi connectivity index (χ0) is 14.8. The third-order valence-electron chi connectivity index (χ3n) is 4.08. The summed E-state index contributed by atoms with van der Waals surface area (Å²) in [6.07, 6.45) is -2.45. The molecule has 0 saturated carbocycles. The van der Waals surface area contributed by atoms with E-state index in [1.165, 1.54) is 17.2 Å². The smallest absolute Gasteiger partial charge is 0.263 e. The Bertz CT molecular complexity index is 603. The maximum absolute atomic E-state index is 12.9. The van der Waals surface area contributed by atoms with E-state index in [1.807, 2.05) is 18.2 Å². The Kier molecular flexibility index (Phi) is 3.99. The zero-order valence-electron chi connectivity index (χ0n) is 11.7. The molecule has 4 heteroatoms. The maximum atomic E-state index is 12.9. The number of hydrogen-bond acceptors (Lipinski definition) is 2. The molecule has 21 heavy (non-hydrogen) atoms. The standard InChI is InChI=1S/C17H18F2N2/c18-17(19)13-7-3-6-12(8-13)16(9-20)21-10-14-4-1-2-5-15(14)11-21/h1-8,16-17H,9-11,20H2. The van der Waals surface area contributed by atoms with Crippen molar-refractivity contribution in [1.29, 1.82) is 0 Å². The van der Waals surface area contributed by atoms with Gasteiger partial charge in [-0.1, -0.05) is 42.5 Å². The molecule has 0 spiro atoms. The van der Waals surface area contributed by atoms with Gasteiger partial charge in [0.2, 0.25) is 0 Å². The molecular weight excluding hydrogens is 270 g/mol. The Labute approximate surface area is 123 Å². The van der Waals surface area contributed by atoms with Crippen LogP contribution < -0.4 is 5.73 Å². The number of halogens is 2. The Morgan fingerprint density at radius 3 is 2.14 bits per heavy atom. The van der Waals surface area contributed by atoms with Crippen LogP contribution in [-0.4, -0.2) is 11.4 Å². The van der Waals surface area contributed by atoms with Crippen LogP contribution in [0.2, 0.25) is 0 Å². The molecule has 2 N–H and O–H groups in total. The first-order valence-electron chi connectivity index (χ1n) is 7.08. The summed E-state index contributed by atoms with van der Waals surface area (Å²) in [4.78, 5) is 2.25. The van der Waals surface area contributed by atoms with E-state index in [1.54, 1.807) is 12.1 Å². The van der Waals surface area contributed by atoms with Crippen molar-refractivity contribution in [3.63, 3.8) is 0 Å². The molecule has 0 aliphatic carbocycles. The van der Waals surface area contributed by atoms with Gasteiger partial charge >= 0.3 is 0 Å². The highest BCUT2D eigenvalue weighted by Crippen LogP contribution is 2.32. The van der Waals surface area contributed by atoms with Crippen molar-refractivity contribution in [2.24, 2.45) is 5.73 Å². The van der Waals surface area contributed by atoms with Crippen LogP contribution in [0.1, 0.15) is 34.7 Å². The second kappa shape index (κ2) is 5.92. The molecule has 0 saturated heterocycles. The first-order valence-corrected chi connectivity index (χ1v) is 7.08. The van der Waals surface area contributed by atoms with Crippen LogP contribution in [0.15, 0.2) is 48.5 Å². The Morgan fingerprint density at radius 2 is 1.57 bits per heavy atom. The summed E-state index contributed by atoms with van der Waals surface area (Å²) in [5.41, 5.74) is 9.42. The van der Waals surface area contributed by atoms with Crippen molar-refractivity contribution in [2.45, 2.75) is 25.6 Å². The molecule has 1 aliphatic rings. The van der Waals surface area contributed by atoms with Crippen LogP contribution >= 0.6 is 0 Å². The highest BCUT2D eigenvalue weighted by molar-refractivity contribution is 5.33. The summed E-state index contributed by atoms with van der Waals surface area (Å²) in [7, 11) is 0. The van der Waals surface area contributed by atoms with E-state index in [-0.39, 0.29) is 11.6 Å². The van der Waals surface area contributed by atoms with E-state index in [4.69, 9.17) is 5.73 Å². The number of nitrogens with zero attached hydrogens (tertiary/aromatic N) is 1. The lowest BCUT2D eigenvalue weighted by atomic mass is 10.0. The van der Waals surface area contributed by atoms with Gasteiger partial charge in [0.1, 0.15) is 0 Å². The maximum Gasteiger partial charge on any atom is 0.263 e. The predicted octanol–water partition coefficient (Wildman–Crippen LogP) is 3.64. The van der Waals surface area contributed by atoms with Crippen LogP contribution in [0.3, 0.4) is 0 Å². The van der Waals surface area contributed by atoms with Crippen LogP contribution in [-0.2, 0) is 13.1 Å². The van der Waals surface area contributed by atoms with E-state index < -0.39 is 6.43 Å². The molecule has 2 aromatic rings. The predicted molar refractivity (Wildman–Crippen MR) is 78.9 cm³/mol.